The Morgan fingerprint density at radius 2 is 2.13 bits per heavy atom. The van der Waals surface area contributed by atoms with E-state index in [2.05, 4.69) is 15.1 Å². The predicted molar refractivity (Wildman–Crippen MR) is 59.1 cm³/mol. The van der Waals surface area contributed by atoms with Gasteiger partial charge in [-0.2, -0.15) is 0 Å². The smallest absolute Gasteiger partial charge is 0.151 e. The van der Waals surface area contributed by atoms with E-state index in [0.717, 1.165) is 38.2 Å². The third kappa shape index (κ3) is 2.79. The Morgan fingerprint density at radius 3 is 2.87 bits per heavy atom. The fourth-order valence-corrected chi connectivity index (χ4v) is 1.89. The first kappa shape index (κ1) is 10.6. The SMILES string of the molecule is OC1CCCN(c2ccc(Cl)nn2)CC1. The Hall–Kier alpha value is -0.870. The van der Waals surface area contributed by atoms with Gasteiger partial charge in [-0.15, -0.1) is 10.2 Å². The van der Waals surface area contributed by atoms with Gasteiger partial charge in [0.05, 0.1) is 6.10 Å². The van der Waals surface area contributed by atoms with Gasteiger partial charge in [0.15, 0.2) is 11.0 Å². The van der Waals surface area contributed by atoms with Crippen molar-refractivity contribution < 1.29 is 5.11 Å². The second-order valence-electron chi connectivity index (χ2n) is 3.79. The Labute approximate surface area is 93.9 Å². The van der Waals surface area contributed by atoms with Crippen molar-refractivity contribution in [3.8, 4) is 0 Å². The average Bonchev–Trinajstić information content (AvgIpc) is 2.44. The van der Waals surface area contributed by atoms with Gasteiger partial charge in [-0.3, -0.25) is 0 Å². The highest BCUT2D eigenvalue weighted by Gasteiger charge is 2.15. The zero-order valence-electron chi connectivity index (χ0n) is 8.43. The number of aliphatic hydroxyl groups excluding tert-OH is 1. The standard InChI is InChI=1S/C10H14ClN3O/c11-9-3-4-10(13-12-9)14-6-1-2-8(15)5-7-14/h3-4,8,15H,1-2,5-7H2. The fourth-order valence-electron chi connectivity index (χ4n) is 1.79. The van der Waals surface area contributed by atoms with E-state index in [4.69, 9.17) is 11.6 Å². The predicted octanol–water partition coefficient (Wildman–Crippen LogP) is 1.48. The van der Waals surface area contributed by atoms with E-state index in [1.807, 2.05) is 6.07 Å². The van der Waals surface area contributed by atoms with Crippen molar-refractivity contribution >= 4 is 17.4 Å². The molecule has 1 aliphatic heterocycles. The number of anilines is 1. The van der Waals surface area contributed by atoms with Crippen LogP contribution in [0.15, 0.2) is 12.1 Å². The highest BCUT2D eigenvalue weighted by Crippen LogP contribution is 2.17. The maximum absolute atomic E-state index is 9.51. The number of hydrogen-bond donors (Lipinski definition) is 1. The molecule has 0 aromatic carbocycles. The summed E-state index contributed by atoms with van der Waals surface area (Å²) in [6.45, 7) is 1.75. The van der Waals surface area contributed by atoms with E-state index < -0.39 is 0 Å². The molecule has 2 heterocycles. The van der Waals surface area contributed by atoms with Gasteiger partial charge < -0.3 is 10.0 Å². The first-order valence-electron chi connectivity index (χ1n) is 5.18. The highest BCUT2D eigenvalue weighted by molar-refractivity contribution is 6.29. The Morgan fingerprint density at radius 1 is 1.27 bits per heavy atom. The average molecular weight is 228 g/mol. The van der Waals surface area contributed by atoms with E-state index in [9.17, 15) is 5.11 Å². The number of rotatable bonds is 1. The normalized spacial score (nSPS) is 22.5. The second-order valence-corrected chi connectivity index (χ2v) is 4.17. The van der Waals surface area contributed by atoms with Crippen molar-refractivity contribution in [2.24, 2.45) is 0 Å². The van der Waals surface area contributed by atoms with Gasteiger partial charge >= 0.3 is 0 Å². The summed E-state index contributed by atoms with van der Waals surface area (Å²) in [6.07, 6.45) is 2.49. The van der Waals surface area contributed by atoms with Gasteiger partial charge in [0.1, 0.15) is 0 Å². The molecule has 1 N–H and O–H groups in total. The molecule has 1 aliphatic rings. The molecule has 0 saturated carbocycles. The molecule has 1 saturated heterocycles. The van der Waals surface area contributed by atoms with Gasteiger partial charge in [0.2, 0.25) is 0 Å². The quantitative estimate of drug-likeness (QED) is 0.790. The first-order chi connectivity index (χ1) is 7.25. The summed E-state index contributed by atoms with van der Waals surface area (Å²) in [5.74, 6) is 0.841. The highest BCUT2D eigenvalue weighted by atomic mass is 35.5. The Balaban J connectivity index is 2.06. The fraction of sp³-hybridized carbons (Fsp3) is 0.600. The van der Waals surface area contributed by atoms with Crippen LogP contribution in [0.2, 0.25) is 5.15 Å². The van der Waals surface area contributed by atoms with Crippen molar-refractivity contribution in [1.29, 1.82) is 0 Å². The molecule has 0 radical (unpaired) electrons. The van der Waals surface area contributed by atoms with Gasteiger partial charge in [0, 0.05) is 13.1 Å². The van der Waals surface area contributed by atoms with Crippen molar-refractivity contribution in [2.75, 3.05) is 18.0 Å². The molecule has 1 aromatic heterocycles. The summed E-state index contributed by atoms with van der Waals surface area (Å²) in [6, 6.07) is 3.61. The largest absolute Gasteiger partial charge is 0.393 e. The van der Waals surface area contributed by atoms with Crippen LogP contribution in [0.25, 0.3) is 0 Å². The van der Waals surface area contributed by atoms with E-state index in [-0.39, 0.29) is 6.10 Å². The van der Waals surface area contributed by atoms with E-state index in [1.165, 1.54) is 0 Å². The molecule has 4 nitrogen and oxygen atoms in total. The van der Waals surface area contributed by atoms with Crippen molar-refractivity contribution in [3.05, 3.63) is 17.3 Å². The summed E-state index contributed by atoms with van der Waals surface area (Å²) in [7, 11) is 0. The van der Waals surface area contributed by atoms with Crippen LogP contribution in [-0.4, -0.2) is 34.5 Å². The van der Waals surface area contributed by atoms with Gasteiger partial charge in [0.25, 0.3) is 0 Å². The van der Waals surface area contributed by atoms with Crippen LogP contribution in [0, 0.1) is 0 Å². The molecule has 1 fully saturated rings. The minimum Gasteiger partial charge on any atom is -0.393 e. The molecule has 0 spiro atoms. The molecule has 2 rings (SSSR count). The molecule has 82 valence electrons. The van der Waals surface area contributed by atoms with Crippen LogP contribution in [0.3, 0.4) is 0 Å². The summed E-state index contributed by atoms with van der Waals surface area (Å²) >= 11 is 5.67. The molecule has 0 aliphatic carbocycles. The van der Waals surface area contributed by atoms with Crippen LogP contribution in [0.4, 0.5) is 5.82 Å². The van der Waals surface area contributed by atoms with Gasteiger partial charge in [-0.05, 0) is 31.4 Å². The maximum Gasteiger partial charge on any atom is 0.151 e. The minimum atomic E-state index is -0.171. The first-order valence-corrected chi connectivity index (χ1v) is 5.56. The van der Waals surface area contributed by atoms with Crippen molar-refractivity contribution in [2.45, 2.75) is 25.4 Å². The minimum absolute atomic E-state index is 0.171. The third-order valence-corrected chi connectivity index (χ3v) is 2.84. The summed E-state index contributed by atoms with van der Waals surface area (Å²) in [4.78, 5) is 2.14. The summed E-state index contributed by atoms with van der Waals surface area (Å²) in [5.41, 5.74) is 0. The lowest BCUT2D eigenvalue weighted by molar-refractivity contribution is 0.161. The van der Waals surface area contributed by atoms with Crippen LogP contribution in [-0.2, 0) is 0 Å². The molecule has 0 amide bonds. The molecular formula is C10H14ClN3O. The lowest BCUT2D eigenvalue weighted by atomic mass is 10.2. The summed E-state index contributed by atoms with van der Waals surface area (Å²) in [5, 5.41) is 17.8. The van der Waals surface area contributed by atoms with Crippen LogP contribution >= 0.6 is 11.6 Å². The second kappa shape index (κ2) is 4.77. The lowest BCUT2D eigenvalue weighted by Gasteiger charge is -2.20. The maximum atomic E-state index is 9.51. The number of halogens is 1. The summed E-state index contributed by atoms with van der Waals surface area (Å²) < 4.78 is 0. The van der Waals surface area contributed by atoms with Crippen LogP contribution < -0.4 is 4.90 Å². The molecule has 1 atom stereocenters. The van der Waals surface area contributed by atoms with Crippen LogP contribution in [0.1, 0.15) is 19.3 Å². The van der Waals surface area contributed by atoms with Gasteiger partial charge in [-0.1, -0.05) is 11.6 Å². The van der Waals surface area contributed by atoms with Crippen LogP contribution in [0.5, 0.6) is 0 Å². The Bertz CT molecular complexity index is 317. The molecule has 15 heavy (non-hydrogen) atoms. The molecule has 1 aromatic rings. The zero-order chi connectivity index (χ0) is 10.7. The number of nitrogens with zero attached hydrogens (tertiary/aromatic N) is 3. The lowest BCUT2D eigenvalue weighted by Crippen LogP contribution is -2.25. The number of aromatic nitrogens is 2. The van der Waals surface area contributed by atoms with Gasteiger partial charge in [-0.25, -0.2) is 0 Å². The topological polar surface area (TPSA) is 49.2 Å². The van der Waals surface area contributed by atoms with E-state index in [1.54, 1.807) is 6.07 Å². The number of aliphatic hydroxyl groups is 1. The Kier molecular flexibility index (Phi) is 3.38. The molecular weight excluding hydrogens is 214 g/mol. The number of hydrogen-bond acceptors (Lipinski definition) is 4. The monoisotopic (exact) mass is 227 g/mol. The van der Waals surface area contributed by atoms with Crippen molar-refractivity contribution in [3.63, 3.8) is 0 Å². The van der Waals surface area contributed by atoms with Crippen molar-refractivity contribution in [1.82, 2.24) is 10.2 Å². The zero-order valence-corrected chi connectivity index (χ0v) is 9.19. The van der Waals surface area contributed by atoms with E-state index >= 15 is 0 Å². The molecule has 0 bridgehead atoms. The molecule has 5 heteroatoms. The third-order valence-electron chi connectivity index (χ3n) is 2.64. The van der Waals surface area contributed by atoms with E-state index in [0.29, 0.717) is 5.15 Å². The molecule has 1 unspecified atom stereocenters.